The number of methoxy groups -OCH3 is 1. The number of esters is 1. The fraction of sp³-hybridized carbons (Fsp3) is 0.545. The lowest BCUT2D eigenvalue weighted by Gasteiger charge is -2.40. The number of pyridine rings is 1. The average molecular weight is 960 g/mol. The Morgan fingerprint density at radius 1 is 1.07 bits per heavy atom. The van der Waals surface area contributed by atoms with Gasteiger partial charge in [-0.25, -0.2) is 4.79 Å². The van der Waals surface area contributed by atoms with E-state index in [1.165, 1.54) is 5.01 Å². The van der Waals surface area contributed by atoms with Gasteiger partial charge in [-0.05, 0) is 119 Å². The molecule has 2 aromatic carbocycles. The van der Waals surface area contributed by atoms with Crippen molar-refractivity contribution in [3.05, 3.63) is 77.6 Å². The van der Waals surface area contributed by atoms with E-state index in [0.717, 1.165) is 50.1 Å². The second kappa shape index (κ2) is 21.4. The number of likely N-dealkylation sites (tertiary alicyclic amines) is 1. The molecule has 4 aromatic rings. The van der Waals surface area contributed by atoms with E-state index in [4.69, 9.17) is 19.2 Å². The van der Waals surface area contributed by atoms with E-state index in [0.29, 0.717) is 38.9 Å². The van der Waals surface area contributed by atoms with Crippen LogP contribution in [0.4, 0.5) is 0 Å². The standard InChI is InChI=1S/C55H73N7O8/c1-12-61-46-20-19-39-30-42(46)43(49(61)41-18-14-25-56-48(41)36(4)68-11)31-53(5,6)34-70-52(66)55(67)23-15-26-62(58-55)51(65)45(29-37-16-13-17-38(39)28-37)57-50(64)44(35(2)3)33-69-40-22-27-60(32-40)47(63)21-24-54(7,8)59(9)10/h13-14,16-20,25,28,30,35-36,40,44-45,58,67H,12,15,22-23,26-27,29,31-34H2,1-11H3,(H,57,64)/t36-,40-,44-,45-,55-/m0/s1. The van der Waals surface area contributed by atoms with E-state index in [1.54, 1.807) is 18.2 Å². The second-order valence-electron chi connectivity index (χ2n) is 21.1. The van der Waals surface area contributed by atoms with Gasteiger partial charge in [0.05, 0.1) is 48.3 Å². The zero-order chi connectivity index (χ0) is 50.7. The molecular formula is C55H73N7O8. The third kappa shape index (κ3) is 11.4. The summed E-state index contributed by atoms with van der Waals surface area (Å²) in [5, 5.41) is 17.3. The summed E-state index contributed by atoms with van der Waals surface area (Å²) < 4.78 is 20.5. The van der Waals surface area contributed by atoms with Gasteiger partial charge >= 0.3 is 5.97 Å². The molecule has 5 heterocycles. The second-order valence-corrected chi connectivity index (χ2v) is 21.1. The van der Waals surface area contributed by atoms with Gasteiger partial charge in [0.15, 0.2) is 0 Å². The smallest absolute Gasteiger partial charge is 0.355 e. The summed E-state index contributed by atoms with van der Waals surface area (Å²) in [6.45, 7) is 17.8. The topological polar surface area (TPSA) is 168 Å². The number of aryl methyl sites for hydroxylation is 1. The first-order valence-corrected chi connectivity index (χ1v) is 24.8. The highest BCUT2D eigenvalue weighted by molar-refractivity contribution is 5.96. The maximum atomic E-state index is 14.7. The molecule has 2 saturated heterocycles. The van der Waals surface area contributed by atoms with E-state index < -0.39 is 40.5 Å². The van der Waals surface area contributed by atoms with Gasteiger partial charge in [-0.2, -0.15) is 5.43 Å². The normalized spacial score (nSPS) is 21.8. The highest BCUT2D eigenvalue weighted by Gasteiger charge is 2.45. The third-order valence-electron chi connectivity index (χ3n) is 14.4. The van der Waals surface area contributed by atoms with Crippen molar-refractivity contribution in [2.75, 3.05) is 54.1 Å². The number of rotatable bonds is 11. The first-order valence-electron chi connectivity index (χ1n) is 24.8. The predicted octanol–water partition coefficient (Wildman–Crippen LogP) is 6.30. The lowest BCUT2D eigenvalue weighted by Crippen LogP contribution is -2.67. The van der Waals surface area contributed by atoms with Crippen molar-refractivity contribution in [2.24, 2.45) is 17.3 Å². The Labute approximate surface area is 413 Å². The number of aromatic nitrogens is 2. The van der Waals surface area contributed by atoms with E-state index in [2.05, 4.69) is 64.4 Å². The summed E-state index contributed by atoms with van der Waals surface area (Å²) in [6.07, 6.45) is 2.79. The predicted molar refractivity (Wildman–Crippen MR) is 270 cm³/mol. The van der Waals surface area contributed by atoms with Gasteiger partial charge in [0.25, 0.3) is 11.8 Å². The van der Waals surface area contributed by atoms with E-state index in [1.807, 2.05) is 91.7 Å². The minimum absolute atomic E-state index is 0.0189. The number of nitrogens with zero attached hydrogens (tertiary/aromatic N) is 5. The van der Waals surface area contributed by atoms with Crippen LogP contribution in [-0.2, 0) is 52.8 Å². The Morgan fingerprint density at radius 2 is 1.83 bits per heavy atom. The molecule has 3 aliphatic heterocycles. The molecule has 70 heavy (non-hydrogen) atoms. The summed E-state index contributed by atoms with van der Waals surface area (Å²) in [5.74, 6) is 3.05. The highest BCUT2D eigenvalue weighted by atomic mass is 16.6. The number of carbonyl (C=O) groups is 4. The molecule has 0 unspecified atom stereocenters. The van der Waals surface area contributed by atoms with Crippen LogP contribution in [0.1, 0.15) is 97.6 Å². The van der Waals surface area contributed by atoms with Crippen LogP contribution >= 0.6 is 0 Å². The minimum atomic E-state index is -2.19. The van der Waals surface area contributed by atoms with Crippen molar-refractivity contribution in [1.29, 1.82) is 0 Å². The maximum Gasteiger partial charge on any atom is 0.355 e. The fourth-order valence-electron chi connectivity index (χ4n) is 9.56. The van der Waals surface area contributed by atoms with E-state index >= 15 is 0 Å². The van der Waals surface area contributed by atoms with Gasteiger partial charge in [-0.1, -0.05) is 63.9 Å². The summed E-state index contributed by atoms with van der Waals surface area (Å²) in [7, 11) is 5.52. The molecule has 0 spiro atoms. The Balaban J connectivity index is 1.22. The number of hydrogen-bond donors (Lipinski definition) is 3. The molecule has 0 saturated carbocycles. The number of carbonyl (C=O) groups excluding carboxylic acids is 4. The number of hydrazine groups is 1. The Hall–Kier alpha value is -5.63. The number of amides is 3. The number of benzene rings is 2. The Morgan fingerprint density at radius 3 is 2.54 bits per heavy atom. The van der Waals surface area contributed by atoms with Gasteiger partial charge in [-0.15, -0.1) is 0 Å². The van der Waals surface area contributed by atoms with Crippen molar-refractivity contribution < 1.29 is 38.5 Å². The van der Waals surface area contributed by atoms with Gasteiger partial charge in [0.2, 0.25) is 11.6 Å². The molecule has 2 aromatic heterocycles. The first kappa shape index (κ1) is 52.2. The molecule has 2 fully saturated rings. The summed E-state index contributed by atoms with van der Waals surface area (Å²) in [6, 6.07) is 17.4. The van der Waals surface area contributed by atoms with Crippen molar-refractivity contribution in [3.8, 4) is 34.2 Å². The number of ether oxygens (including phenoxy) is 3. The lowest BCUT2D eigenvalue weighted by atomic mass is 9.84. The van der Waals surface area contributed by atoms with Crippen molar-refractivity contribution >= 4 is 34.6 Å². The monoisotopic (exact) mass is 960 g/mol. The molecule has 0 radical (unpaired) electrons. The van der Waals surface area contributed by atoms with Crippen LogP contribution in [0.2, 0.25) is 0 Å². The number of cyclic esters (lactones) is 1. The Kier molecular flexibility index (Phi) is 15.9. The highest BCUT2D eigenvalue weighted by Crippen LogP contribution is 2.42. The SMILES string of the molecule is CCn1c(-c2cccnc2[C@H](C)OC)c2c3cc(ccc31)-c1cccc(c1)C[C@H](NC(=O)[C@@H](CO[C@H]1CCN(C(=O)C#CC(C)(C)N(C)C)C1)C(C)C)C(=O)N1CCC[C@@](O)(N1)C(=O)OCC(C)(C)C2. The number of hydrogen-bond acceptors (Lipinski definition) is 11. The van der Waals surface area contributed by atoms with Crippen LogP contribution in [0.25, 0.3) is 33.3 Å². The van der Waals surface area contributed by atoms with Gasteiger partial charge in [0.1, 0.15) is 6.04 Å². The van der Waals surface area contributed by atoms with Crippen LogP contribution in [0.15, 0.2) is 60.8 Å². The molecule has 5 atom stereocenters. The van der Waals surface area contributed by atoms with Crippen LogP contribution in [0, 0.1) is 29.1 Å². The maximum absolute atomic E-state index is 14.7. The van der Waals surface area contributed by atoms with Crippen LogP contribution in [-0.4, -0.2) is 131 Å². The fourth-order valence-corrected chi connectivity index (χ4v) is 9.56. The van der Waals surface area contributed by atoms with Crippen LogP contribution in [0.5, 0.6) is 0 Å². The number of nitrogens with one attached hydrogen (secondary N) is 2. The molecule has 376 valence electrons. The lowest BCUT2D eigenvalue weighted by molar-refractivity contribution is -0.189. The largest absolute Gasteiger partial charge is 0.462 e. The van der Waals surface area contributed by atoms with E-state index in [-0.39, 0.29) is 62.5 Å². The van der Waals surface area contributed by atoms with Crippen molar-refractivity contribution in [2.45, 2.75) is 124 Å². The molecule has 7 rings (SSSR count). The first-order chi connectivity index (χ1) is 33.1. The third-order valence-corrected chi connectivity index (χ3v) is 14.4. The molecule has 0 aliphatic carbocycles. The van der Waals surface area contributed by atoms with Crippen LogP contribution in [0.3, 0.4) is 0 Å². The molecule has 15 heteroatoms. The van der Waals surface area contributed by atoms with Crippen molar-refractivity contribution in [1.82, 2.24) is 35.1 Å². The quantitative estimate of drug-likeness (QED) is 0.114. The number of fused-ring (bicyclic) bond motifs is 6. The molecule has 6 bridgehead atoms. The van der Waals surface area contributed by atoms with Gasteiger partial charge in [0, 0.05) is 74.2 Å². The van der Waals surface area contributed by atoms with Crippen LogP contribution < -0.4 is 10.7 Å². The van der Waals surface area contributed by atoms with Crippen molar-refractivity contribution in [3.63, 3.8) is 0 Å². The summed E-state index contributed by atoms with van der Waals surface area (Å²) >= 11 is 0. The minimum Gasteiger partial charge on any atom is -0.462 e. The summed E-state index contributed by atoms with van der Waals surface area (Å²) in [5.41, 5.74) is 7.16. The molecular weight excluding hydrogens is 887 g/mol. The molecule has 3 aliphatic rings. The zero-order valence-corrected chi connectivity index (χ0v) is 43.0. The summed E-state index contributed by atoms with van der Waals surface area (Å²) in [4.78, 5) is 64.7. The molecule has 3 N–H and O–H groups in total. The molecule has 15 nitrogen and oxygen atoms in total. The zero-order valence-electron chi connectivity index (χ0n) is 43.0. The van der Waals surface area contributed by atoms with Gasteiger partial charge < -0.3 is 34.1 Å². The molecule has 3 amide bonds. The van der Waals surface area contributed by atoms with Gasteiger partial charge in [-0.3, -0.25) is 29.3 Å². The number of aliphatic hydroxyl groups is 1. The average Bonchev–Trinajstić information content (AvgIpc) is 3.93. The van der Waals surface area contributed by atoms with E-state index in [9.17, 15) is 24.3 Å². The Bertz CT molecular complexity index is 2650.